The third-order valence-corrected chi connectivity index (χ3v) is 6.86. The van der Waals surface area contributed by atoms with Gasteiger partial charge in [-0.05, 0) is 69.4 Å². The number of carboxylic acid groups (broad SMARTS) is 1. The summed E-state index contributed by atoms with van der Waals surface area (Å²) in [5, 5.41) is 41.3. The number of carbonyl (C=O) groups is 1. The van der Waals surface area contributed by atoms with E-state index < -0.39 is 11.9 Å². The molecule has 2 fully saturated rings. The summed E-state index contributed by atoms with van der Waals surface area (Å²) in [6, 6.07) is 5.19. The number of aromatic nitrogens is 2. The second-order valence-electron chi connectivity index (χ2n) is 9.04. The highest BCUT2D eigenvalue weighted by atomic mass is 16.4. The first kappa shape index (κ1) is 22.3. The molecule has 9 heteroatoms. The lowest BCUT2D eigenvalue weighted by molar-refractivity contribution is -0.143. The molecule has 2 unspecified atom stereocenters. The van der Waals surface area contributed by atoms with Crippen molar-refractivity contribution in [3.63, 3.8) is 0 Å². The van der Waals surface area contributed by atoms with Crippen molar-refractivity contribution in [1.29, 1.82) is 0 Å². The molecule has 0 amide bonds. The van der Waals surface area contributed by atoms with Gasteiger partial charge in [0.1, 0.15) is 11.4 Å². The molecule has 0 radical (unpaired) electrons. The molecule has 0 aliphatic heterocycles. The first-order valence-electron chi connectivity index (χ1n) is 11.3. The number of hydrogen-bond acceptors (Lipinski definition) is 6. The normalized spacial score (nSPS) is 26.4. The van der Waals surface area contributed by atoms with Crippen LogP contribution in [0.1, 0.15) is 74.6 Å². The van der Waals surface area contributed by atoms with Gasteiger partial charge in [-0.3, -0.25) is 14.7 Å². The molecule has 0 saturated heterocycles. The van der Waals surface area contributed by atoms with Crippen molar-refractivity contribution in [2.45, 2.75) is 76.4 Å². The zero-order chi connectivity index (χ0) is 22.8. The Bertz CT molecular complexity index is 1060. The fourth-order valence-corrected chi connectivity index (χ4v) is 5.01. The predicted octanol–water partition coefficient (Wildman–Crippen LogP) is 4.44. The van der Waals surface area contributed by atoms with Gasteiger partial charge in [-0.15, -0.1) is 10.2 Å². The summed E-state index contributed by atoms with van der Waals surface area (Å²) in [6.07, 6.45) is 5.22. The Morgan fingerprint density at radius 1 is 1.12 bits per heavy atom. The highest BCUT2D eigenvalue weighted by molar-refractivity contribution is 5.70. The molecule has 1 aromatic carbocycles. The zero-order valence-corrected chi connectivity index (χ0v) is 18.2. The van der Waals surface area contributed by atoms with Crippen molar-refractivity contribution in [3.05, 3.63) is 39.8 Å². The molecule has 1 aromatic heterocycles. The average Bonchev–Trinajstić information content (AvgIpc) is 3.07. The number of phenolic OH excluding ortho intramolecular Hbond substituents is 1. The number of aromatic amines is 1. The third kappa shape index (κ3) is 4.48. The number of nitrogens with zero attached hydrogens (tertiary/aromatic N) is 3. The molecule has 4 rings (SSSR count). The molecule has 0 spiro atoms. The van der Waals surface area contributed by atoms with Crippen molar-refractivity contribution in [3.8, 4) is 5.75 Å². The van der Waals surface area contributed by atoms with Gasteiger partial charge in [0.05, 0.1) is 23.8 Å². The first-order chi connectivity index (χ1) is 15.3. The summed E-state index contributed by atoms with van der Waals surface area (Å²) in [5.41, 5.74) is 1.46. The van der Waals surface area contributed by atoms with Gasteiger partial charge in [0.25, 0.3) is 5.56 Å². The minimum absolute atomic E-state index is 0.00115. The van der Waals surface area contributed by atoms with Crippen LogP contribution in [-0.2, 0) is 4.79 Å². The molecule has 2 aliphatic rings. The molecule has 1 heterocycles. The van der Waals surface area contributed by atoms with Crippen molar-refractivity contribution >= 4 is 17.3 Å². The SMILES string of the molecule is Cc1[nH]n(C2CCC(O)CC2)c(=O)c1N=Nc1cccc(C2CCCC(C(=O)O)C2)c1O. The summed E-state index contributed by atoms with van der Waals surface area (Å²) >= 11 is 0. The lowest BCUT2D eigenvalue weighted by Gasteiger charge is -2.27. The number of phenols is 1. The van der Waals surface area contributed by atoms with Gasteiger partial charge in [0.15, 0.2) is 5.69 Å². The number of benzene rings is 1. The van der Waals surface area contributed by atoms with Crippen LogP contribution in [0.4, 0.5) is 11.4 Å². The van der Waals surface area contributed by atoms with E-state index in [1.54, 1.807) is 29.8 Å². The number of aliphatic carboxylic acids is 1. The molecule has 2 aliphatic carbocycles. The second kappa shape index (κ2) is 9.28. The van der Waals surface area contributed by atoms with E-state index in [0.29, 0.717) is 36.9 Å². The number of hydrogen-bond donors (Lipinski definition) is 4. The van der Waals surface area contributed by atoms with Crippen LogP contribution in [0.3, 0.4) is 0 Å². The van der Waals surface area contributed by atoms with E-state index in [0.717, 1.165) is 25.7 Å². The number of azo groups is 1. The molecule has 2 aromatic rings. The van der Waals surface area contributed by atoms with Crippen LogP contribution in [0.2, 0.25) is 0 Å². The fraction of sp³-hybridized carbons (Fsp3) is 0.565. The van der Waals surface area contributed by atoms with Gasteiger partial charge in [0, 0.05) is 0 Å². The highest BCUT2D eigenvalue weighted by Crippen LogP contribution is 2.43. The molecule has 2 atom stereocenters. The van der Waals surface area contributed by atoms with Gasteiger partial charge in [-0.25, -0.2) is 4.68 Å². The minimum Gasteiger partial charge on any atom is -0.505 e. The number of rotatable bonds is 5. The van der Waals surface area contributed by atoms with Gasteiger partial charge in [0.2, 0.25) is 0 Å². The second-order valence-corrected chi connectivity index (χ2v) is 9.04. The van der Waals surface area contributed by atoms with E-state index >= 15 is 0 Å². The third-order valence-electron chi connectivity index (χ3n) is 6.86. The topological polar surface area (TPSA) is 140 Å². The van der Waals surface area contributed by atoms with E-state index in [1.807, 2.05) is 0 Å². The number of aryl methyl sites for hydroxylation is 1. The van der Waals surface area contributed by atoms with Crippen molar-refractivity contribution in [2.75, 3.05) is 0 Å². The Labute approximate surface area is 185 Å². The van der Waals surface area contributed by atoms with E-state index in [4.69, 9.17) is 0 Å². The summed E-state index contributed by atoms with van der Waals surface area (Å²) in [6.45, 7) is 1.76. The van der Waals surface area contributed by atoms with E-state index in [1.165, 1.54) is 0 Å². The van der Waals surface area contributed by atoms with Gasteiger partial charge in [-0.1, -0.05) is 18.6 Å². The number of aromatic hydroxyl groups is 1. The average molecular weight is 443 g/mol. The van der Waals surface area contributed by atoms with Gasteiger partial charge < -0.3 is 15.3 Å². The smallest absolute Gasteiger partial charge is 0.306 e. The Hall–Kier alpha value is -2.94. The van der Waals surface area contributed by atoms with E-state index in [9.17, 15) is 24.9 Å². The minimum atomic E-state index is -0.795. The van der Waals surface area contributed by atoms with Crippen LogP contribution in [0.15, 0.2) is 33.2 Å². The van der Waals surface area contributed by atoms with Crippen LogP contribution >= 0.6 is 0 Å². The Kier molecular flexibility index (Phi) is 6.45. The molecule has 0 bridgehead atoms. The maximum Gasteiger partial charge on any atom is 0.306 e. The van der Waals surface area contributed by atoms with Crippen LogP contribution in [0.25, 0.3) is 0 Å². The van der Waals surface area contributed by atoms with Gasteiger partial charge in [-0.2, -0.15) is 0 Å². The molecule has 4 N–H and O–H groups in total. The monoisotopic (exact) mass is 442 g/mol. The Morgan fingerprint density at radius 2 is 1.88 bits per heavy atom. The highest BCUT2D eigenvalue weighted by Gasteiger charge is 2.30. The largest absolute Gasteiger partial charge is 0.505 e. The zero-order valence-electron chi connectivity index (χ0n) is 18.2. The standard InChI is InChI=1S/C23H30N4O5/c1-13-20(22(30)27(26-13)16-8-10-17(28)11-9-16)25-24-19-7-3-6-18(21(19)29)14-4-2-5-15(12-14)23(31)32/h3,6-7,14-17,26,28-29H,2,4-5,8-12H2,1H3,(H,31,32). The fourth-order valence-electron chi connectivity index (χ4n) is 5.01. The maximum atomic E-state index is 12.9. The first-order valence-corrected chi connectivity index (χ1v) is 11.3. The lowest BCUT2D eigenvalue weighted by Crippen LogP contribution is -2.27. The van der Waals surface area contributed by atoms with Crippen molar-refractivity contribution < 1.29 is 20.1 Å². The van der Waals surface area contributed by atoms with Crippen LogP contribution in [-0.4, -0.2) is 37.2 Å². The number of aliphatic hydroxyl groups is 1. The molecular weight excluding hydrogens is 412 g/mol. The molecule has 32 heavy (non-hydrogen) atoms. The number of H-pyrrole nitrogens is 1. The van der Waals surface area contributed by atoms with Crippen molar-refractivity contribution in [2.24, 2.45) is 16.1 Å². The van der Waals surface area contributed by atoms with E-state index in [2.05, 4.69) is 15.3 Å². The Morgan fingerprint density at radius 3 is 2.59 bits per heavy atom. The van der Waals surface area contributed by atoms with Gasteiger partial charge >= 0.3 is 5.97 Å². The Balaban J connectivity index is 1.56. The lowest BCUT2D eigenvalue weighted by atomic mass is 9.77. The van der Waals surface area contributed by atoms with E-state index in [-0.39, 0.29) is 40.7 Å². The predicted molar refractivity (Wildman–Crippen MR) is 118 cm³/mol. The molecular formula is C23H30N4O5. The maximum absolute atomic E-state index is 12.9. The number of aliphatic hydroxyl groups excluding tert-OH is 1. The number of carboxylic acids is 1. The summed E-state index contributed by atoms with van der Waals surface area (Å²) in [7, 11) is 0. The quantitative estimate of drug-likeness (QED) is 0.507. The van der Waals surface area contributed by atoms with Crippen LogP contribution < -0.4 is 5.56 Å². The van der Waals surface area contributed by atoms with Crippen LogP contribution in [0, 0.1) is 12.8 Å². The summed E-state index contributed by atoms with van der Waals surface area (Å²) < 4.78 is 1.57. The number of nitrogens with one attached hydrogen (secondary N) is 1. The number of para-hydroxylation sites is 1. The summed E-state index contributed by atoms with van der Waals surface area (Å²) in [5.74, 6) is -1.26. The molecule has 2 saturated carbocycles. The van der Waals surface area contributed by atoms with Crippen molar-refractivity contribution in [1.82, 2.24) is 9.78 Å². The van der Waals surface area contributed by atoms with Crippen LogP contribution in [0.5, 0.6) is 5.75 Å². The summed E-state index contributed by atoms with van der Waals surface area (Å²) in [4.78, 5) is 24.3. The molecule has 9 nitrogen and oxygen atoms in total. The molecule has 172 valence electrons.